The summed E-state index contributed by atoms with van der Waals surface area (Å²) in [5, 5.41) is 11.1. The molecule has 0 aliphatic heterocycles. The van der Waals surface area contributed by atoms with Gasteiger partial charge in [-0.05, 0) is 6.07 Å². The van der Waals surface area contributed by atoms with Gasteiger partial charge in [-0.15, -0.1) is 0 Å². The zero-order chi connectivity index (χ0) is 13.9. The van der Waals surface area contributed by atoms with E-state index in [1.54, 1.807) is 0 Å². The van der Waals surface area contributed by atoms with Crippen molar-refractivity contribution in [3.8, 4) is 5.75 Å². The van der Waals surface area contributed by atoms with Crippen molar-refractivity contribution in [1.82, 2.24) is 0 Å². The fraction of sp³-hybridized carbons (Fsp3) is 0.182. The number of hydrogen-bond acceptors (Lipinski definition) is 4. The van der Waals surface area contributed by atoms with Crippen molar-refractivity contribution in [1.29, 1.82) is 0 Å². The second kappa shape index (κ2) is 5.26. The van der Waals surface area contributed by atoms with Crippen molar-refractivity contribution in [3.05, 3.63) is 23.5 Å². The topological polar surface area (TPSA) is 92.7 Å². The van der Waals surface area contributed by atoms with Crippen LogP contribution in [-0.4, -0.2) is 23.0 Å². The first-order valence-electron chi connectivity index (χ1n) is 4.84. The third-order valence-electron chi connectivity index (χ3n) is 1.84. The van der Waals surface area contributed by atoms with Crippen LogP contribution in [0, 0.1) is 5.82 Å². The second-order valence-corrected chi connectivity index (χ2v) is 3.41. The van der Waals surface area contributed by atoms with Gasteiger partial charge in [0.15, 0.2) is 5.75 Å². The average molecular weight is 255 g/mol. The van der Waals surface area contributed by atoms with E-state index in [1.165, 1.54) is 0 Å². The minimum Gasteiger partial charge on any atom is -0.478 e. The molecule has 0 saturated heterocycles. The molecular formula is C11H10FNO5. The minimum absolute atomic E-state index is 0.213. The van der Waals surface area contributed by atoms with Crippen LogP contribution in [0.2, 0.25) is 0 Å². The van der Waals surface area contributed by atoms with Gasteiger partial charge in [-0.1, -0.05) is 0 Å². The maximum absolute atomic E-state index is 13.2. The van der Waals surface area contributed by atoms with E-state index in [-0.39, 0.29) is 5.69 Å². The van der Waals surface area contributed by atoms with Crippen molar-refractivity contribution in [2.75, 3.05) is 5.32 Å². The fourth-order valence-electron chi connectivity index (χ4n) is 1.29. The van der Waals surface area contributed by atoms with Crippen molar-refractivity contribution < 1.29 is 28.6 Å². The van der Waals surface area contributed by atoms with Crippen LogP contribution in [-0.2, 0) is 9.59 Å². The van der Waals surface area contributed by atoms with Crippen LogP contribution in [0.1, 0.15) is 24.2 Å². The number of halogens is 1. The SMILES string of the molecule is CC(=O)Nc1cc(F)cc(C(=O)O)c1OC(C)=O. The molecule has 0 saturated carbocycles. The van der Waals surface area contributed by atoms with E-state index in [0.29, 0.717) is 6.07 Å². The van der Waals surface area contributed by atoms with E-state index in [9.17, 15) is 18.8 Å². The highest BCUT2D eigenvalue weighted by Gasteiger charge is 2.20. The molecule has 1 amide bonds. The molecule has 6 nitrogen and oxygen atoms in total. The largest absolute Gasteiger partial charge is 0.478 e. The number of amides is 1. The number of hydrogen-bond donors (Lipinski definition) is 2. The summed E-state index contributed by atoms with van der Waals surface area (Å²) in [6.45, 7) is 2.22. The van der Waals surface area contributed by atoms with Gasteiger partial charge in [0.25, 0.3) is 0 Å². The number of ether oxygens (including phenoxy) is 1. The van der Waals surface area contributed by atoms with Gasteiger partial charge < -0.3 is 15.2 Å². The summed E-state index contributed by atoms with van der Waals surface area (Å²) in [7, 11) is 0. The zero-order valence-corrected chi connectivity index (χ0v) is 9.61. The second-order valence-electron chi connectivity index (χ2n) is 3.41. The molecular weight excluding hydrogens is 245 g/mol. The number of carbonyl (C=O) groups excluding carboxylic acids is 2. The summed E-state index contributed by atoms with van der Waals surface area (Å²) in [5.74, 6) is -4.07. The highest BCUT2D eigenvalue weighted by atomic mass is 19.1. The first-order valence-corrected chi connectivity index (χ1v) is 4.84. The van der Waals surface area contributed by atoms with E-state index in [2.05, 4.69) is 5.32 Å². The van der Waals surface area contributed by atoms with Crippen molar-refractivity contribution >= 4 is 23.5 Å². The normalized spacial score (nSPS) is 9.72. The van der Waals surface area contributed by atoms with Crippen LogP contribution in [0.5, 0.6) is 5.75 Å². The molecule has 18 heavy (non-hydrogen) atoms. The molecule has 0 aliphatic rings. The summed E-state index contributed by atoms with van der Waals surface area (Å²) in [6, 6.07) is 1.57. The average Bonchev–Trinajstić information content (AvgIpc) is 2.19. The van der Waals surface area contributed by atoms with Gasteiger partial charge in [0.2, 0.25) is 5.91 Å². The maximum atomic E-state index is 13.2. The number of rotatable bonds is 3. The fourth-order valence-corrected chi connectivity index (χ4v) is 1.29. The molecule has 1 rings (SSSR count). The Hall–Kier alpha value is -2.44. The highest BCUT2D eigenvalue weighted by molar-refractivity contribution is 5.98. The number of carboxylic acids is 1. The first kappa shape index (κ1) is 13.6. The maximum Gasteiger partial charge on any atom is 0.339 e. The molecule has 96 valence electrons. The minimum atomic E-state index is -1.47. The van der Waals surface area contributed by atoms with Gasteiger partial charge in [0.1, 0.15) is 11.4 Å². The Morgan fingerprint density at radius 1 is 1.28 bits per heavy atom. The van der Waals surface area contributed by atoms with Crippen LogP contribution >= 0.6 is 0 Å². The van der Waals surface area contributed by atoms with Crippen LogP contribution in [0.4, 0.5) is 10.1 Å². The number of esters is 1. The van der Waals surface area contributed by atoms with Gasteiger partial charge in [-0.3, -0.25) is 9.59 Å². The van der Waals surface area contributed by atoms with E-state index in [1.807, 2.05) is 0 Å². The Bertz CT molecular complexity index is 526. The standard InChI is InChI=1S/C11H10FNO5/c1-5(14)13-9-4-7(12)3-8(11(16)17)10(9)18-6(2)15/h3-4H,1-2H3,(H,13,14)(H,16,17). The van der Waals surface area contributed by atoms with Crippen LogP contribution < -0.4 is 10.1 Å². The number of aromatic carboxylic acids is 1. The first-order chi connectivity index (χ1) is 8.31. The number of nitrogens with one attached hydrogen (secondary N) is 1. The Morgan fingerprint density at radius 3 is 2.33 bits per heavy atom. The third-order valence-corrected chi connectivity index (χ3v) is 1.84. The lowest BCUT2D eigenvalue weighted by Gasteiger charge is -2.12. The van der Waals surface area contributed by atoms with Gasteiger partial charge in [-0.25, -0.2) is 9.18 Å². The molecule has 0 fully saturated rings. The number of carbonyl (C=O) groups is 3. The third kappa shape index (κ3) is 3.27. The predicted molar refractivity (Wildman–Crippen MR) is 59.0 cm³/mol. The van der Waals surface area contributed by atoms with Gasteiger partial charge >= 0.3 is 11.9 Å². The molecule has 0 radical (unpaired) electrons. The summed E-state index contributed by atoms with van der Waals surface area (Å²) in [4.78, 5) is 32.7. The quantitative estimate of drug-likeness (QED) is 0.629. The van der Waals surface area contributed by atoms with E-state index in [4.69, 9.17) is 9.84 Å². The predicted octanol–water partition coefficient (Wildman–Crippen LogP) is 1.41. The Balaban J connectivity index is 3.41. The van der Waals surface area contributed by atoms with Crippen molar-refractivity contribution in [3.63, 3.8) is 0 Å². The molecule has 0 spiro atoms. The van der Waals surface area contributed by atoms with Gasteiger partial charge in [-0.2, -0.15) is 0 Å². The highest BCUT2D eigenvalue weighted by Crippen LogP contribution is 2.30. The van der Waals surface area contributed by atoms with E-state index >= 15 is 0 Å². The van der Waals surface area contributed by atoms with E-state index in [0.717, 1.165) is 19.9 Å². The summed E-state index contributed by atoms with van der Waals surface area (Å²) < 4.78 is 17.9. The molecule has 0 atom stereocenters. The monoisotopic (exact) mass is 255 g/mol. The lowest BCUT2D eigenvalue weighted by atomic mass is 10.1. The number of anilines is 1. The van der Waals surface area contributed by atoms with Crippen LogP contribution in [0.3, 0.4) is 0 Å². The number of carboxylic acid groups (broad SMARTS) is 1. The number of benzene rings is 1. The van der Waals surface area contributed by atoms with Crippen LogP contribution in [0.25, 0.3) is 0 Å². The summed E-state index contributed by atoms with van der Waals surface area (Å²) in [5.41, 5.74) is -0.760. The molecule has 0 unspecified atom stereocenters. The molecule has 2 N–H and O–H groups in total. The molecule has 0 heterocycles. The van der Waals surface area contributed by atoms with Gasteiger partial charge in [0.05, 0.1) is 5.69 Å². The Kier molecular flexibility index (Phi) is 3.98. The molecule has 0 aromatic heterocycles. The molecule has 7 heteroatoms. The lowest BCUT2D eigenvalue weighted by Crippen LogP contribution is -2.13. The van der Waals surface area contributed by atoms with E-state index < -0.39 is 35.0 Å². The molecule has 0 bridgehead atoms. The smallest absolute Gasteiger partial charge is 0.339 e. The van der Waals surface area contributed by atoms with Crippen LogP contribution in [0.15, 0.2) is 12.1 Å². The lowest BCUT2D eigenvalue weighted by molar-refractivity contribution is -0.132. The van der Waals surface area contributed by atoms with Crippen molar-refractivity contribution in [2.45, 2.75) is 13.8 Å². The summed E-state index contributed by atoms with van der Waals surface area (Å²) in [6.07, 6.45) is 0. The molecule has 1 aromatic carbocycles. The molecule has 0 aliphatic carbocycles. The van der Waals surface area contributed by atoms with Gasteiger partial charge in [0, 0.05) is 19.9 Å². The van der Waals surface area contributed by atoms with Crippen molar-refractivity contribution in [2.24, 2.45) is 0 Å². The Labute approximate surface area is 101 Å². The summed E-state index contributed by atoms with van der Waals surface area (Å²) >= 11 is 0. The zero-order valence-electron chi connectivity index (χ0n) is 9.61. The molecule has 1 aromatic rings. The Morgan fingerprint density at radius 2 is 1.89 bits per heavy atom.